The first-order chi connectivity index (χ1) is 9.50. The van der Waals surface area contributed by atoms with Gasteiger partial charge in [-0.1, -0.05) is 6.42 Å². The first-order valence-corrected chi connectivity index (χ1v) is 9.03. The van der Waals surface area contributed by atoms with Crippen molar-refractivity contribution in [2.45, 2.75) is 45.2 Å². The first-order valence-electron chi connectivity index (χ1n) is 7.59. The quantitative estimate of drug-likeness (QED) is 0.799. The van der Waals surface area contributed by atoms with Gasteiger partial charge >= 0.3 is 0 Å². The molecular weight excluding hydrogens is 278 g/mol. The van der Waals surface area contributed by atoms with Gasteiger partial charge in [0.15, 0.2) is 0 Å². The van der Waals surface area contributed by atoms with Crippen molar-refractivity contribution in [2.24, 2.45) is 0 Å². The molecule has 0 spiro atoms. The van der Waals surface area contributed by atoms with Crippen LogP contribution in [0.25, 0.3) is 0 Å². The Morgan fingerprint density at radius 3 is 2.60 bits per heavy atom. The molecule has 2 heterocycles. The van der Waals surface area contributed by atoms with Crippen LogP contribution in [0, 0.1) is 0 Å². The zero-order chi connectivity index (χ0) is 14.6. The monoisotopic (exact) mass is 305 g/mol. The van der Waals surface area contributed by atoms with Crippen LogP contribution in [0.15, 0.2) is 0 Å². The third-order valence-corrected chi connectivity index (χ3v) is 5.87. The number of hydrogen-bond acceptors (Lipinski definition) is 4. The molecule has 2 saturated heterocycles. The fourth-order valence-electron chi connectivity index (χ4n) is 3.00. The fourth-order valence-corrected chi connectivity index (χ4v) is 4.26. The Morgan fingerprint density at radius 1 is 1.25 bits per heavy atom. The van der Waals surface area contributed by atoms with Crippen LogP contribution >= 0.6 is 0 Å². The van der Waals surface area contributed by atoms with E-state index in [0.717, 1.165) is 6.54 Å². The highest BCUT2D eigenvalue weighted by Gasteiger charge is 2.27. The van der Waals surface area contributed by atoms with Gasteiger partial charge in [-0.15, -0.1) is 0 Å². The van der Waals surface area contributed by atoms with Crippen LogP contribution in [0.2, 0.25) is 0 Å². The summed E-state index contributed by atoms with van der Waals surface area (Å²) in [6.45, 7) is 7.74. The van der Waals surface area contributed by atoms with E-state index in [4.69, 9.17) is 4.74 Å². The number of hydrogen-bond donors (Lipinski definition) is 1. The third kappa shape index (κ3) is 4.14. The molecule has 0 aromatic heterocycles. The highest BCUT2D eigenvalue weighted by molar-refractivity contribution is 7.87. The molecule has 118 valence electrons. The van der Waals surface area contributed by atoms with E-state index in [9.17, 15) is 8.42 Å². The molecular formula is C13H27N3O3S. The molecule has 0 saturated carbocycles. The number of piperidine rings is 1. The van der Waals surface area contributed by atoms with Crippen LogP contribution in [0.3, 0.4) is 0 Å². The molecule has 0 aliphatic carbocycles. The lowest BCUT2D eigenvalue weighted by molar-refractivity contribution is 0.0720. The number of ether oxygens (including phenoxy) is 1. The molecule has 0 aromatic carbocycles. The molecule has 1 N–H and O–H groups in total. The summed E-state index contributed by atoms with van der Waals surface area (Å²) in [6.07, 6.45) is 3.70. The lowest BCUT2D eigenvalue weighted by atomic mass is 10.0. The number of likely N-dealkylation sites (tertiary alicyclic amines) is 1. The second-order valence-electron chi connectivity index (χ2n) is 5.80. The Bertz CT molecular complexity index is 396. The molecule has 7 heteroatoms. The summed E-state index contributed by atoms with van der Waals surface area (Å²) >= 11 is 0. The average Bonchev–Trinajstić information content (AvgIpc) is 2.46. The van der Waals surface area contributed by atoms with Crippen molar-refractivity contribution in [1.29, 1.82) is 0 Å². The SMILES string of the molecule is C[C@@H]1CCCCN1[C@@H](C)CNS(=O)(=O)N1CCOCC1. The van der Waals surface area contributed by atoms with Gasteiger partial charge in [-0.25, -0.2) is 4.72 Å². The smallest absolute Gasteiger partial charge is 0.279 e. The number of nitrogens with zero attached hydrogens (tertiary/aromatic N) is 2. The molecule has 0 unspecified atom stereocenters. The maximum absolute atomic E-state index is 12.2. The first kappa shape index (κ1) is 16.2. The minimum atomic E-state index is -3.36. The summed E-state index contributed by atoms with van der Waals surface area (Å²) in [4.78, 5) is 2.41. The van der Waals surface area contributed by atoms with Gasteiger partial charge in [0.25, 0.3) is 10.2 Å². The number of morpholine rings is 1. The molecule has 20 heavy (non-hydrogen) atoms. The molecule has 0 radical (unpaired) electrons. The summed E-state index contributed by atoms with van der Waals surface area (Å²) in [5.74, 6) is 0. The third-order valence-electron chi connectivity index (χ3n) is 4.29. The van der Waals surface area contributed by atoms with E-state index >= 15 is 0 Å². The van der Waals surface area contributed by atoms with Crippen molar-refractivity contribution in [3.05, 3.63) is 0 Å². The minimum Gasteiger partial charge on any atom is -0.379 e. The Balaban J connectivity index is 1.83. The number of rotatable bonds is 5. The Hall–Kier alpha value is -0.210. The van der Waals surface area contributed by atoms with Gasteiger partial charge < -0.3 is 4.74 Å². The second-order valence-corrected chi connectivity index (χ2v) is 7.55. The molecule has 6 nitrogen and oxygen atoms in total. The summed E-state index contributed by atoms with van der Waals surface area (Å²) in [6, 6.07) is 0.785. The molecule has 0 aromatic rings. The van der Waals surface area contributed by atoms with Crippen molar-refractivity contribution in [3.8, 4) is 0 Å². The molecule has 2 atom stereocenters. The van der Waals surface area contributed by atoms with E-state index in [0.29, 0.717) is 38.9 Å². The Labute approximate surface area is 122 Å². The van der Waals surface area contributed by atoms with Gasteiger partial charge in [-0.3, -0.25) is 4.90 Å². The highest BCUT2D eigenvalue weighted by atomic mass is 32.2. The van der Waals surface area contributed by atoms with Gasteiger partial charge in [-0.05, 0) is 33.2 Å². The predicted molar refractivity (Wildman–Crippen MR) is 78.8 cm³/mol. The van der Waals surface area contributed by atoms with Crippen molar-refractivity contribution < 1.29 is 13.2 Å². The van der Waals surface area contributed by atoms with E-state index in [1.165, 1.54) is 23.6 Å². The lowest BCUT2D eigenvalue weighted by Gasteiger charge is -2.38. The average molecular weight is 305 g/mol. The van der Waals surface area contributed by atoms with Crippen molar-refractivity contribution in [3.63, 3.8) is 0 Å². The van der Waals surface area contributed by atoms with Crippen LogP contribution in [0.1, 0.15) is 33.1 Å². The molecule has 2 rings (SSSR count). The zero-order valence-electron chi connectivity index (χ0n) is 12.5. The summed E-state index contributed by atoms with van der Waals surface area (Å²) < 4.78 is 33.8. The lowest BCUT2D eigenvalue weighted by Crippen LogP contribution is -2.52. The normalized spacial score (nSPS) is 28.4. The van der Waals surface area contributed by atoms with Crippen LogP contribution in [0.5, 0.6) is 0 Å². The molecule has 0 amide bonds. The standard InChI is InChI=1S/C13H27N3O3S/c1-12-5-3-4-6-16(12)13(2)11-14-20(17,18)15-7-9-19-10-8-15/h12-14H,3-11H2,1-2H3/t12-,13+/m1/s1. The Kier molecular flexibility index (Phi) is 5.80. The minimum absolute atomic E-state index is 0.237. The van der Waals surface area contributed by atoms with Crippen LogP contribution in [-0.2, 0) is 14.9 Å². The molecule has 2 fully saturated rings. The van der Waals surface area contributed by atoms with E-state index in [1.807, 2.05) is 0 Å². The van der Waals surface area contributed by atoms with E-state index in [1.54, 1.807) is 0 Å². The summed E-state index contributed by atoms with van der Waals surface area (Å²) in [5.41, 5.74) is 0. The molecule has 2 aliphatic rings. The zero-order valence-corrected chi connectivity index (χ0v) is 13.4. The van der Waals surface area contributed by atoms with Gasteiger partial charge in [-0.2, -0.15) is 12.7 Å². The topological polar surface area (TPSA) is 61.9 Å². The van der Waals surface area contributed by atoms with Crippen LogP contribution in [0.4, 0.5) is 0 Å². The van der Waals surface area contributed by atoms with Gasteiger partial charge in [0.05, 0.1) is 13.2 Å². The van der Waals surface area contributed by atoms with Gasteiger partial charge in [0.1, 0.15) is 0 Å². The largest absolute Gasteiger partial charge is 0.379 e. The summed E-state index contributed by atoms with van der Waals surface area (Å²) in [5, 5.41) is 0. The maximum atomic E-state index is 12.2. The fraction of sp³-hybridized carbons (Fsp3) is 1.00. The highest BCUT2D eigenvalue weighted by Crippen LogP contribution is 2.18. The number of nitrogens with one attached hydrogen (secondary N) is 1. The van der Waals surface area contributed by atoms with Crippen LogP contribution in [-0.4, -0.2) is 69.1 Å². The molecule has 2 aliphatic heterocycles. The van der Waals surface area contributed by atoms with E-state index < -0.39 is 10.2 Å². The van der Waals surface area contributed by atoms with Crippen LogP contribution < -0.4 is 4.72 Å². The van der Waals surface area contributed by atoms with Crippen molar-refractivity contribution in [1.82, 2.24) is 13.9 Å². The van der Waals surface area contributed by atoms with Crippen molar-refractivity contribution >= 4 is 10.2 Å². The summed E-state index contributed by atoms with van der Waals surface area (Å²) in [7, 11) is -3.36. The predicted octanol–water partition coefficient (Wildman–Crippen LogP) is 0.416. The van der Waals surface area contributed by atoms with Gasteiger partial charge in [0.2, 0.25) is 0 Å². The van der Waals surface area contributed by atoms with Gasteiger partial charge in [0, 0.05) is 31.7 Å². The maximum Gasteiger partial charge on any atom is 0.279 e. The molecule has 0 bridgehead atoms. The Morgan fingerprint density at radius 2 is 1.95 bits per heavy atom. The van der Waals surface area contributed by atoms with E-state index in [2.05, 4.69) is 23.5 Å². The van der Waals surface area contributed by atoms with E-state index in [-0.39, 0.29) is 6.04 Å². The van der Waals surface area contributed by atoms with Crippen molar-refractivity contribution in [2.75, 3.05) is 39.4 Å². The second kappa shape index (κ2) is 7.17.